The van der Waals surface area contributed by atoms with Gasteiger partial charge in [-0.05, 0) is 60.7 Å². The zero-order valence-corrected chi connectivity index (χ0v) is 20.6. The van der Waals surface area contributed by atoms with Crippen LogP contribution < -0.4 is 5.01 Å². The summed E-state index contributed by atoms with van der Waals surface area (Å²) in [5.74, 6) is 0.475. The van der Waals surface area contributed by atoms with Crippen molar-refractivity contribution in [2.45, 2.75) is 4.90 Å². The molecule has 1 aromatic heterocycles. The molecule has 0 radical (unpaired) electrons. The molecule has 0 saturated heterocycles. The van der Waals surface area contributed by atoms with E-state index < -0.39 is 10.1 Å². The minimum absolute atomic E-state index is 0.220. The summed E-state index contributed by atoms with van der Waals surface area (Å²) < 4.78 is 37.7. The van der Waals surface area contributed by atoms with Gasteiger partial charge in [0.2, 0.25) is 0 Å². The number of hydrazone groups is 1. The number of amides is 1. The monoisotopic (exact) mass is 538 g/mol. The lowest BCUT2D eigenvalue weighted by molar-refractivity contribution is -0.114. The average molecular weight is 539 g/mol. The van der Waals surface area contributed by atoms with Gasteiger partial charge in [0.15, 0.2) is 0 Å². The Balaban J connectivity index is 1.52. The number of halogens is 2. The predicted molar refractivity (Wildman–Crippen MR) is 139 cm³/mol. The molecule has 0 unspecified atom stereocenters. The SMILES string of the molecule is O=C1/C(=C\c2ccc(-c3ccc(S(=O)(=O)O)cc3)o2)C(c2ccccc2)=NN1c1ccc(Cl)c(Cl)c1. The van der Waals surface area contributed by atoms with E-state index in [4.69, 9.17) is 27.6 Å². The van der Waals surface area contributed by atoms with Gasteiger partial charge in [-0.3, -0.25) is 9.35 Å². The Kier molecular flexibility index (Phi) is 6.27. The molecule has 2 heterocycles. The van der Waals surface area contributed by atoms with E-state index in [2.05, 4.69) is 5.10 Å². The van der Waals surface area contributed by atoms with E-state index in [1.165, 1.54) is 29.3 Å². The maximum absolute atomic E-state index is 13.4. The molecular formula is C26H16Cl2N2O5S. The number of anilines is 1. The van der Waals surface area contributed by atoms with Gasteiger partial charge in [0.05, 0.1) is 26.2 Å². The van der Waals surface area contributed by atoms with Gasteiger partial charge >= 0.3 is 0 Å². The first-order chi connectivity index (χ1) is 17.2. The van der Waals surface area contributed by atoms with Crippen LogP contribution in [0.15, 0.2) is 105 Å². The van der Waals surface area contributed by atoms with E-state index in [9.17, 15) is 17.8 Å². The molecular weight excluding hydrogens is 523 g/mol. The minimum Gasteiger partial charge on any atom is -0.457 e. The molecule has 0 fully saturated rings. The van der Waals surface area contributed by atoms with Crippen molar-refractivity contribution in [1.82, 2.24) is 0 Å². The van der Waals surface area contributed by atoms with Gasteiger partial charge in [0.25, 0.3) is 16.0 Å². The first-order valence-electron chi connectivity index (χ1n) is 10.5. The Morgan fingerprint density at radius 2 is 1.58 bits per heavy atom. The van der Waals surface area contributed by atoms with Gasteiger partial charge in [-0.1, -0.05) is 53.5 Å². The molecule has 0 bridgehead atoms. The largest absolute Gasteiger partial charge is 0.457 e. The van der Waals surface area contributed by atoms with Gasteiger partial charge in [0.1, 0.15) is 17.2 Å². The third kappa shape index (κ3) is 4.72. The summed E-state index contributed by atoms with van der Waals surface area (Å²) in [4.78, 5) is 13.2. The Morgan fingerprint density at radius 1 is 0.861 bits per heavy atom. The molecule has 10 heteroatoms. The fourth-order valence-corrected chi connectivity index (χ4v) is 4.44. The minimum atomic E-state index is -4.30. The van der Waals surface area contributed by atoms with Crippen LogP contribution in [-0.4, -0.2) is 24.6 Å². The van der Waals surface area contributed by atoms with Crippen molar-refractivity contribution in [2.75, 3.05) is 5.01 Å². The molecule has 1 aliphatic heterocycles. The van der Waals surface area contributed by atoms with Gasteiger partial charge < -0.3 is 4.42 Å². The van der Waals surface area contributed by atoms with Crippen LogP contribution >= 0.6 is 23.2 Å². The van der Waals surface area contributed by atoms with Crippen molar-refractivity contribution < 1.29 is 22.2 Å². The molecule has 1 N–H and O–H groups in total. The molecule has 7 nitrogen and oxygen atoms in total. The fourth-order valence-electron chi connectivity index (χ4n) is 3.66. The van der Waals surface area contributed by atoms with Crippen molar-refractivity contribution in [3.63, 3.8) is 0 Å². The zero-order valence-electron chi connectivity index (χ0n) is 18.3. The van der Waals surface area contributed by atoms with E-state index in [-0.39, 0.29) is 10.8 Å². The number of carbonyl (C=O) groups excluding carboxylic acids is 1. The highest BCUT2D eigenvalue weighted by Gasteiger charge is 2.32. The van der Waals surface area contributed by atoms with Gasteiger partial charge in [-0.15, -0.1) is 0 Å². The maximum atomic E-state index is 13.4. The molecule has 1 amide bonds. The summed E-state index contributed by atoms with van der Waals surface area (Å²) in [6, 6.07) is 23.1. The van der Waals surface area contributed by atoms with E-state index in [0.29, 0.717) is 44.1 Å². The van der Waals surface area contributed by atoms with Gasteiger partial charge in [-0.25, -0.2) is 0 Å². The average Bonchev–Trinajstić information content (AvgIpc) is 3.46. The second kappa shape index (κ2) is 9.40. The molecule has 36 heavy (non-hydrogen) atoms. The van der Waals surface area contributed by atoms with E-state index in [0.717, 1.165) is 5.56 Å². The van der Waals surface area contributed by atoms with Gasteiger partial charge in [-0.2, -0.15) is 18.5 Å². The van der Waals surface area contributed by atoms with Crippen LogP contribution in [0.2, 0.25) is 10.0 Å². The topological polar surface area (TPSA) is 100 Å². The molecule has 180 valence electrons. The Labute approximate surface area is 216 Å². The number of rotatable bonds is 5. The first kappa shape index (κ1) is 24.0. The lowest BCUT2D eigenvalue weighted by Gasteiger charge is -2.12. The highest BCUT2D eigenvalue weighted by molar-refractivity contribution is 7.85. The molecule has 0 atom stereocenters. The zero-order chi connectivity index (χ0) is 25.4. The summed E-state index contributed by atoms with van der Waals surface area (Å²) in [7, 11) is -4.30. The molecule has 0 spiro atoms. The fraction of sp³-hybridized carbons (Fsp3) is 0. The molecule has 4 aromatic rings. The molecule has 0 saturated carbocycles. The van der Waals surface area contributed by atoms with Crippen molar-refractivity contribution >= 4 is 56.7 Å². The predicted octanol–water partition coefficient (Wildman–Crippen LogP) is 6.33. The van der Waals surface area contributed by atoms with Crippen LogP contribution in [-0.2, 0) is 14.9 Å². The van der Waals surface area contributed by atoms with Crippen molar-refractivity contribution in [3.8, 4) is 11.3 Å². The Hall–Kier alpha value is -3.69. The van der Waals surface area contributed by atoms with Crippen LogP contribution in [0.4, 0.5) is 5.69 Å². The van der Waals surface area contributed by atoms with E-state index in [1.54, 1.807) is 36.4 Å². The number of benzene rings is 3. The summed E-state index contributed by atoms with van der Waals surface area (Å²) in [6.45, 7) is 0. The quantitative estimate of drug-likeness (QED) is 0.236. The number of hydrogen-bond acceptors (Lipinski definition) is 5. The van der Waals surface area contributed by atoms with Crippen molar-refractivity contribution in [2.24, 2.45) is 5.10 Å². The molecule has 1 aliphatic rings. The number of furan rings is 1. The third-order valence-electron chi connectivity index (χ3n) is 5.42. The van der Waals surface area contributed by atoms with Crippen LogP contribution in [0.1, 0.15) is 11.3 Å². The second-order valence-corrected chi connectivity index (χ2v) is 10.0. The van der Waals surface area contributed by atoms with Crippen LogP contribution in [0.3, 0.4) is 0 Å². The molecule has 5 rings (SSSR count). The van der Waals surface area contributed by atoms with Gasteiger partial charge in [0, 0.05) is 11.1 Å². The maximum Gasteiger partial charge on any atom is 0.294 e. The highest BCUT2D eigenvalue weighted by atomic mass is 35.5. The van der Waals surface area contributed by atoms with Crippen LogP contribution in [0.5, 0.6) is 0 Å². The molecule has 0 aliphatic carbocycles. The summed E-state index contributed by atoms with van der Waals surface area (Å²) in [6.07, 6.45) is 1.60. The van der Waals surface area contributed by atoms with Crippen LogP contribution in [0, 0.1) is 0 Å². The van der Waals surface area contributed by atoms with Crippen molar-refractivity contribution in [3.05, 3.63) is 112 Å². The summed E-state index contributed by atoms with van der Waals surface area (Å²) in [5, 5.41) is 6.48. The summed E-state index contributed by atoms with van der Waals surface area (Å²) in [5.41, 5.74) is 2.58. The molecule has 3 aromatic carbocycles. The Morgan fingerprint density at radius 3 is 2.25 bits per heavy atom. The number of nitrogens with zero attached hydrogens (tertiary/aromatic N) is 2. The third-order valence-corrected chi connectivity index (χ3v) is 7.03. The highest BCUT2D eigenvalue weighted by Crippen LogP contribution is 2.33. The lowest BCUT2D eigenvalue weighted by Crippen LogP contribution is -2.21. The number of carbonyl (C=O) groups is 1. The van der Waals surface area contributed by atoms with Crippen LogP contribution in [0.25, 0.3) is 17.4 Å². The lowest BCUT2D eigenvalue weighted by atomic mass is 10.0. The smallest absolute Gasteiger partial charge is 0.294 e. The normalized spacial score (nSPS) is 15.0. The standard InChI is InChI=1S/C26H16Cl2N2O5S/c27-22-12-8-18(14-23(22)28)30-26(31)21(25(29-30)17-4-2-1-3-5-17)15-19-9-13-24(35-19)16-6-10-20(11-7-16)36(32,33)34/h1-15H,(H,32,33,34)/b21-15-. The summed E-state index contributed by atoms with van der Waals surface area (Å²) >= 11 is 12.2. The van der Waals surface area contributed by atoms with E-state index >= 15 is 0 Å². The number of hydrogen-bond donors (Lipinski definition) is 1. The van der Waals surface area contributed by atoms with E-state index in [1.807, 2.05) is 30.3 Å². The van der Waals surface area contributed by atoms with Crippen molar-refractivity contribution in [1.29, 1.82) is 0 Å². The second-order valence-electron chi connectivity index (χ2n) is 7.79. The Bertz CT molecular complexity index is 1640. The first-order valence-corrected chi connectivity index (χ1v) is 12.7.